The molecule has 116 valence electrons. The first-order valence-electron chi connectivity index (χ1n) is 6.98. The highest BCUT2D eigenvalue weighted by atomic mass is 35.5. The summed E-state index contributed by atoms with van der Waals surface area (Å²) in [6.45, 7) is 6.97. The highest BCUT2D eigenvalue weighted by Crippen LogP contribution is 2.12. The van der Waals surface area contributed by atoms with Crippen molar-refractivity contribution in [3.05, 3.63) is 0 Å². The Labute approximate surface area is 126 Å². The molecule has 2 atom stereocenters. The zero-order chi connectivity index (χ0) is 13.8. The number of nitrogens with one attached hydrogen (secondary N) is 2. The maximum absolute atomic E-state index is 12.3. The van der Waals surface area contributed by atoms with E-state index in [0.717, 1.165) is 0 Å². The first kappa shape index (κ1) is 17.2. The summed E-state index contributed by atoms with van der Waals surface area (Å²) in [4.78, 5) is 25.7. The van der Waals surface area contributed by atoms with Crippen LogP contribution in [0, 0.1) is 5.92 Å². The van der Waals surface area contributed by atoms with Crippen LogP contribution in [0.4, 0.5) is 0 Å². The van der Waals surface area contributed by atoms with Crippen LogP contribution in [-0.4, -0.2) is 61.6 Å². The predicted molar refractivity (Wildman–Crippen MR) is 77.8 cm³/mol. The highest BCUT2D eigenvalue weighted by Gasteiger charge is 2.33. The van der Waals surface area contributed by atoms with Crippen molar-refractivity contribution in [2.75, 3.05) is 32.8 Å². The fraction of sp³-hybridized carbons (Fsp3) is 0.846. The van der Waals surface area contributed by atoms with E-state index in [1.54, 1.807) is 0 Å². The number of morpholine rings is 1. The molecule has 2 heterocycles. The van der Waals surface area contributed by atoms with Crippen molar-refractivity contribution in [3.8, 4) is 0 Å². The van der Waals surface area contributed by atoms with Crippen LogP contribution in [0.1, 0.15) is 20.3 Å². The minimum absolute atomic E-state index is 0. The van der Waals surface area contributed by atoms with E-state index in [1.807, 2.05) is 18.7 Å². The zero-order valence-electron chi connectivity index (χ0n) is 12.1. The van der Waals surface area contributed by atoms with Crippen molar-refractivity contribution in [3.63, 3.8) is 0 Å². The van der Waals surface area contributed by atoms with Gasteiger partial charge < -0.3 is 20.3 Å². The quantitative estimate of drug-likeness (QED) is 0.756. The number of nitrogens with zero attached hydrogens (tertiary/aromatic N) is 1. The van der Waals surface area contributed by atoms with E-state index in [0.29, 0.717) is 39.3 Å². The molecule has 7 heteroatoms. The molecule has 0 spiro atoms. The van der Waals surface area contributed by atoms with Gasteiger partial charge in [-0.05, 0) is 6.42 Å². The van der Waals surface area contributed by atoms with E-state index in [-0.39, 0.29) is 42.2 Å². The van der Waals surface area contributed by atoms with E-state index in [1.165, 1.54) is 0 Å². The lowest BCUT2D eigenvalue weighted by molar-refractivity contribution is -0.137. The number of hydrogen-bond donors (Lipinski definition) is 2. The van der Waals surface area contributed by atoms with Gasteiger partial charge >= 0.3 is 0 Å². The van der Waals surface area contributed by atoms with E-state index in [4.69, 9.17) is 4.74 Å². The molecular formula is C13H24ClN3O3. The van der Waals surface area contributed by atoms with Gasteiger partial charge in [-0.3, -0.25) is 9.59 Å². The summed E-state index contributed by atoms with van der Waals surface area (Å²) < 4.78 is 5.24. The lowest BCUT2D eigenvalue weighted by Gasteiger charge is -2.29. The van der Waals surface area contributed by atoms with E-state index >= 15 is 0 Å². The lowest BCUT2D eigenvalue weighted by Crippen LogP contribution is -2.48. The van der Waals surface area contributed by atoms with Gasteiger partial charge in [-0.15, -0.1) is 12.4 Å². The number of hydrogen-bond acceptors (Lipinski definition) is 4. The monoisotopic (exact) mass is 305 g/mol. The van der Waals surface area contributed by atoms with Gasteiger partial charge in [0.1, 0.15) is 0 Å². The number of amides is 2. The largest absolute Gasteiger partial charge is 0.378 e. The van der Waals surface area contributed by atoms with E-state index < -0.39 is 0 Å². The number of rotatable bonds is 3. The third-order valence-electron chi connectivity index (χ3n) is 3.62. The van der Waals surface area contributed by atoms with Gasteiger partial charge in [-0.2, -0.15) is 0 Å². The van der Waals surface area contributed by atoms with Crippen molar-refractivity contribution in [1.82, 2.24) is 15.5 Å². The maximum atomic E-state index is 12.3. The Morgan fingerprint density at radius 3 is 2.55 bits per heavy atom. The number of carbonyl (C=O) groups excluding carboxylic acids is 2. The summed E-state index contributed by atoms with van der Waals surface area (Å²) in [5.41, 5.74) is 0. The average Bonchev–Trinajstić information content (AvgIpc) is 2.87. The van der Waals surface area contributed by atoms with E-state index in [9.17, 15) is 9.59 Å². The lowest BCUT2D eigenvalue weighted by atomic mass is 10.1. The Hall–Kier alpha value is -0.850. The fourth-order valence-corrected chi connectivity index (χ4v) is 2.41. The van der Waals surface area contributed by atoms with Gasteiger partial charge in [0.25, 0.3) is 0 Å². The second-order valence-electron chi connectivity index (χ2n) is 5.49. The molecule has 2 fully saturated rings. The van der Waals surface area contributed by atoms with Gasteiger partial charge in [-0.1, -0.05) is 13.8 Å². The molecule has 0 saturated carbocycles. The summed E-state index contributed by atoms with van der Waals surface area (Å²) in [5.74, 6) is 0.157. The van der Waals surface area contributed by atoms with Gasteiger partial charge in [-0.25, -0.2) is 0 Å². The number of ether oxygens (including phenoxy) is 1. The molecular weight excluding hydrogens is 282 g/mol. The van der Waals surface area contributed by atoms with Crippen LogP contribution in [0.3, 0.4) is 0 Å². The molecule has 6 nitrogen and oxygen atoms in total. The van der Waals surface area contributed by atoms with Crippen LogP contribution in [0.2, 0.25) is 0 Å². The molecule has 0 aliphatic carbocycles. The molecule has 20 heavy (non-hydrogen) atoms. The standard InChI is InChI=1S/C13H23N3O3.ClH/c1-9(2)12(17)15-10-7-11(14-8-10)13(18)16-3-5-19-6-4-16;/h9-11,14H,3-8H2,1-2H3,(H,15,17);1H/t10-,11-;/m0./s1. The van der Waals surface area contributed by atoms with Crippen LogP contribution < -0.4 is 10.6 Å². The van der Waals surface area contributed by atoms with Crippen LogP contribution in [0.5, 0.6) is 0 Å². The first-order chi connectivity index (χ1) is 9.08. The van der Waals surface area contributed by atoms with Gasteiger partial charge in [0, 0.05) is 31.6 Å². The van der Waals surface area contributed by atoms with Crippen molar-refractivity contribution >= 4 is 24.2 Å². The Balaban J connectivity index is 0.00000200. The molecule has 2 rings (SSSR count). The molecule has 2 N–H and O–H groups in total. The molecule has 0 bridgehead atoms. The Bertz CT molecular complexity index is 346. The van der Waals surface area contributed by atoms with Crippen LogP contribution in [0.15, 0.2) is 0 Å². The Morgan fingerprint density at radius 2 is 1.95 bits per heavy atom. The highest BCUT2D eigenvalue weighted by molar-refractivity contribution is 5.85. The SMILES string of the molecule is CC(C)C(=O)N[C@@H]1CN[C@H](C(=O)N2CCOCC2)C1.Cl. The summed E-state index contributed by atoms with van der Waals surface area (Å²) in [6.07, 6.45) is 0.675. The molecule has 2 saturated heterocycles. The van der Waals surface area contributed by atoms with Crippen molar-refractivity contribution in [2.24, 2.45) is 5.92 Å². The first-order valence-corrected chi connectivity index (χ1v) is 6.98. The number of halogens is 1. The summed E-state index contributed by atoms with van der Waals surface area (Å²) in [5, 5.41) is 6.17. The second kappa shape index (κ2) is 7.81. The molecule has 0 aromatic heterocycles. The van der Waals surface area contributed by atoms with Crippen molar-refractivity contribution in [1.29, 1.82) is 0 Å². The fourth-order valence-electron chi connectivity index (χ4n) is 2.41. The van der Waals surface area contributed by atoms with Crippen molar-refractivity contribution < 1.29 is 14.3 Å². The number of carbonyl (C=O) groups is 2. The molecule has 0 radical (unpaired) electrons. The van der Waals surface area contributed by atoms with Gasteiger partial charge in [0.05, 0.1) is 19.3 Å². The minimum atomic E-state index is -0.171. The normalized spacial score (nSPS) is 26.2. The van der Waals surface area contributed by atoms with Gasteiger partial charge in [0.2, 0.25) is 11.8 Å². The Kier molecular flexibility index (Phi) is 6.71. The summed E-state index contributed by atoms with van der Waals surface area (Å²) in [6, 6.07) is -0.111. The summed E-state index contributed by atoms with van der Waals surface area (Å²) in [7, 11) is 0. The van der Waals surface area contributed by atoms with E-state index in [2.05, 4.69) is 10.6 Å². The molecule has 0 aromatic rings. The maximum Gasteiger partial charge on any atom is 0.239 e. The zero-order valence-corrected chi connectivity index (χ0v) is 12.9. The summed E-state index contributed by atoms with van der Waals surface area (Å²) >= 11 is 0. The molecule has 2 amide bonds. The smallest absolute Gasteiger partial charge is 0.239 e. The third-order valence-corrected chi connectivity index (χ3v) is 3.62. The predicted octanol–water partition coefficient (Wildman–Crippen LogP) is -0.230. The Morgan fingerprint density at radius 1 is 1.30 bits per heavy atom. The molecule has 0 unspecified atom stereocenters. The molecule has 2 aliphatic rings. The molecule has 2 aliphatic heterocycles. The second-order valence-corrected chi connectivity index (χ2v) is 5.49. The van der Waals surface area contributed by atoms with Crippen LogP contribution in [-0.2, 0) is 14.3 Å². The third kappa shape index (κ3) is 4.33. The van der Waals surface area contributed by atoms with Crippen molar-refractivity contribution in [2.45, 2.75) is 32.4 Å². The molecule has 0 aromatic carbocycles. The van der Waals surface area contributed by atoms with Crippen LogP contribution in [0.25, 0.3) is 0 Å². The topological polar surface area (TPSA) is 70.7 Å². The average molecular weight is 306 g/mol. The van der Waals surface area contributed by atoms with Gasteiger partial charge in [0.15, 0.2) is 0 Å². The minimum Gasteiger partial charge on any atom is -0.378 e. The van der Waals surface area contributed by atoms with Crippen LogP contribution >= 0.6 is 12.4 Å².